The van der Waals surface area contributed by atoms with Gasteiger partial charge in [-0.25, -0.2) is 0 Å². The van der Waals surface area contributed by atoms with Gasteiger partial charge in [0.15, 0.2) is 35.0 Å². The van der Waals surface area contributed by atoms with Crippen LogP contribution in [0.15, 0.2) is 0 Å². The van der Waals surface area contributed by atoms with Crippen LogP contribution in [0.2, 0.25) is 0 Å². The summed E-state index contributed by atoms with van der Waals surface area (Å²) in [6.07, 6.45) is -6.93. The molecule has 10 nitrogen and oxygen atoms in total. The summed E-state index contributed by atoms with van der Waals surface area (Å²) in [6.45, 7) is 9.72. The first kappa shape index (κ1) is 29.5. The molecule has 9 atom stereocenters. The fourth-order valence-corrected chi connectivity index (χ4v) is 4.19. The molecule has 0 aromatic carbocycles. The van der Waals surface area contributed by atoms with E-state index in [0.717, 1.165) is 6.92 Å². The molecule has 1 heterocycles. The second-order valence-electron chi connectivity index (χ2n) is 9.23. The monoisotopic (exact) mass is 474 g/mol. The van der Waals surface area contributed by atoms with E-state index in [4.69, 9.17) is 4.74 Å². The maximum atomic E-state index is 13.6. The lowest BCUT2D eigenvalue weighted by atomic mass is 9.56. The molecule has 1 aliphatic rings. The Labute approximate surface area is 193 Å². The molecule has 190 valence electrons. The van der Waals surface area contributed by atoms with Crippen LogP contribution in [0.1, 0.15) is 67.7 Å². The number of ether oxygens (including phenoxy) is 1. The van der Waals surface area contributed by atoms with Crippen molar-refractivity contribution in [2.24, 2.45) is 17.8 Å². The molecule has 5 N–H and O–H groups in total. The first-order chi connectivity index (χ1) is 15.0. The third-order valence-electron chi connectivity index (χ3n) is 7.14. The van der Waals surface area contributed by atoms with Gasteiger partial charge in [-0.3, -0.25) is 19.2 Å². The molecule has 5 unspecified atom stereocenters. The van der Waals surface area contributed by atoms with Crippen molar-refractivity contribution in [2.75, 3.05) is 0 Å². The summed E-state index contributed by atoms with van der Waals surface area (Å²) in [5, 5.41) is 56.5. The Kier molecular flexibility index (Phi) is 9.26. The highest BCUT2D eigenvalue weighted by molar-refractivity contribution is 6.08. The molecule has 33 heavy (non-hydrogen) atoms. The third-order valence-corrected chi connectivity index (χ3v) is 7.14. The second-order valence-corrected chi connectivity index (χ2v) is 9.23. The van der Waals surface area contributed by atoms with Gasteiger partial charge in [0.25, 0.3) is 0 Å². The van der Waals surface area contributed by atoms with Crippen molar-refractivity contribution in [3.05, 3.63) is 0 Å². The first-order valence-corrected chi connectivity index (χ1v) is 11.4. The third kappa shape index (κ3) is 4.21. The number of Topliss-reactive ketones (excluding diaryl/α,β-unsaturated/α-hetero) is 4. The summed E-state index contributed by atoms with van der Waals surface area (Å²) < 4.78 is 5.16. The standard InChI is InChI=1S/C23H38O10/c1-8-11(4)16(26)21(30)19(15(25)14(7)24)33-20(29)22(31,17(27)12(5)9-2)23(21,32)18(28)13(6)10-3/h11-13,15,19-20,25,29-32H,8-10H2,1-7H3/t11?,12?,13?,15?,19-,20?,21-,22+,23+/m1/s1. The highest BCUT2D eigenvalue weighted by Crippen LogP contribution is 2.50. The van der Waals surface area contributed by atoms with Crippen molar-refractivity contribution in [2.45, 2.75) is 103 Å². The first-order valence-electron chi connectivity index (χ1n) is 11.4. The van der Waals surface area contributed by atoms with Gasteiger partial charge in [-0.05, 0) is 26.2 Å². The van der Waals surface area contributed by atoms with Crippen LogP contribution >= 0.6 is 0 Å². The van der Waals surface area contributed by atoms with Crippen LogP contribution in [0, 0.1) is 17.8 Å². The Morgan fingerprint density at radius 2 is 1.15 bits per heavy atom. The zero-order valence-corrected chi connectivity index (χ0v) is 20.4. The van der Waals surface area contributed by atoms with Crippen LogP contribution in [0.4, 0.5) is 0 Å². The lowest BCUT2D eigenvalue weighted by molar-refractivity contribution is -0.367. The van der Waals surface area contributed by atoms with Crippen LogP contribution in [0.5, 0.6) is 0 Å². The van der Waals surface area contributed by atoms with Gasteiger partial charge in [0, 0.05) is 17.8 Å². The number of aliphatic hydroxyl groups excluding tert-OH is 2. The minimum Gasteiger partial charge on any atom is -0.382 e. The Hall–Kier alpha value is -1.56. The van der Waals surface area contributed by atoms with Gasteiger partial charge in [-0.1, -0.05) is 41.5 Å². The summed E-state index contributed by atoms with van der Waals surface area (Å²) >= 11 is 0. The molecule has 0 aromatic heterocycles. The minimum atomic E-state index is -3.63. The maximum Gasteiger partial charge on any atom is 0.213 e. The number of hydrogen-bond donors (Lipinski definition) is 5. The fourth-order valence-electron chi connectivity index (χ4n) is 4.19. The molecule has 1 aliphatic heterocycles. The smallest absolute Gasteiger partial charge is 0.213 e. The van der Waals surface area contributed by atoms with E-state index >= 15 is 0 Å². The van der Waals surface area contributed by atoms with E-state index in [1.807, 2.05) is 0 Å². The zero-order chi connectivity index (χ0) is 26.1. The average Bonchev–Trinajstić information content (AvgIpc) is 2.80. The number of ketones is 4. The zero-order valence-electron chi connectivity index (χ0n) is 20.4. The Balaban J connectivity index is 4.17. The molecule has 1 fully saturated rings. The van der Waals surface area contributed by atoms with Crippen LogP contribution in [-0.2, 0) is 23.9 Å². The molecule has 0 spiro atoms. The molecule has 0 aliphatic carbocycles. The van der Waals surface area contributed by atoms with Crippen LogP contribution in [0.25, 0.3) is 0 Å². The molecular weight excluding hydrogens is 436 g/mol. The van der Waals surface area contributed by atoms with E-state index in [-0.39, 0.29) is 19.3 Å². The van der Waals surface area contributed by atoms with E-state index in [1.165, 1.54) is 20.8 Å². The lowest BCUT2D eigenvalue weighted by Gasteiger charge is -2.59. The van der Waals surface area contributed by atoms with E-state index in [0.29, 0.717) is 0 Å². The van der Waals surface area contributed by atoms with E-state index in [1.54, 1.807) is 20.8 Å². The molecule has 10 heteroatoms. The van der Waals surface area contributed by atoms with Gasteiger partial charge < -0.3 is 30.3 Å². The Morgan fingerprint density at radius 1 is 0.788 bits per heavy atom. The van der Waals surface area contributed by atoms with Crippen molar-refractivity contribution >= 4 is 23.1 Å². The van der Waals surface area contributed by atoms with E-state index in [9.17, 15) is 44.7 Å². The Bertz CT molecular complexity index is 781. The highest BCUT2D eigenvalue weighted by atomic mass is 16.7. The van der Waals surface area contributed by atoms with Gasteiger partial charge in [0.1, 0.15) is 12.2 Å². The highest BCUT2D eigenvalue weighted by Gasteiger charge is 2.81. The van der Waals surface area contributed by atoms with Gasteiger partial charge in [-0.2, -0.15) is 0 Å². The quantitative estimate of drug-likeness (QED) is 0.267. The van der Waals surface area contributed by atoms with Crippen molar-refractivity contribution in [1.29, 1.82) is 0 Å². The number of aliphatic hydroxyl groups is 5. The predicted molar refractivity (Wildman–Crippen MR) is 116 cm³/mol. The largest absolute Gasteiger partial charge is 0.382 e. The normalized spacial score (nSPS) is 35.9. The molecule has 0 bridgehead atoms. The van der Waals surface area contributed by atoms with Crippen LogP contribution in [0.3, 0.4) is 0 Å². The van der Waals surface area contributed by atoms with Crippen LogP contribution < -0.4 is 0 Å². The number of rotatable bonds is 11. The van der Waals surface area contributed by atoms with Crippen molar-refractivity contribution in [3.63, 3.8) is 0 Å². The Morgan fingerprint density at radius 3 is 1.52 bits per heavy atom. The fraction of sp³-hybridized carbons (Fsp3) is 0.826. The molecule has 0 amide bonds. The molecule has 1 saturated heterocycles. The summed E-state index contributed by atoms with van der Waals surface area (Å²) in [4.78, 5) is 52.4. The predicted octanol–water partition coefficient (Wildman–Crippen LogP) is -0.308. The molecule has 0 saturated carbocycles. The van der Waals surface area contributed by atoms with Gasteiger partial charge in [0.05, 0.1) is 0 Å². The lowest BCUT2D eigenvalue weighted by Crippen LogP contribution is -2.88. The minimum absolute atomic E-state index is 0.0826. The molecule has 0 radical (unpaired) electrons. The van der Waals surface area contributed by atoms with Gasteiger partial charge in [0.2, 0.25) is 11.2 Å². The number of carbonyl (C=O) groups is 4. The number of hydrogen-bond acceptors (Lipinski definition) is 10. The summed E-state index contributed by atoms with van der Waals surface area (Å²) in [7, 11) is 0. The number of carbonyl (C=O) groups excluding carboxylic acids is 4. The van der Waals surface area contributed by atoms with E-state index in [2.05, 4.69) is 0 Å². The van der Waals surface area contributed by atoms with Crippen molar-refractivity contribution in [1.82, 2.24) is 0 Å². The molecular formula is C23H38O10. The maximum absolute atomic E-state index is 13.6. The topological polar surface area (TPSA) is 179 Å². The van der Waals surface area contributed by atoms with Gasteiger partial charge in [-0.15, -0.1) is 0 Å². The summed E-state index contributed by atoms with van der Waals surface area (Å²) in [5.41, 5.74) is -10.5. The summed E-state index contributed by atoms with van der Waals surface area (Å²) in [5.74, 6) is -7.93. The summed E-state index contributed by atoms with van der Waals surface area (Å²) in [6, 6.07) is 0. The van der Waals surface area contributed by atoms with Gasteiger partial charge >= 0.3 is 0 Å². The molecule has 1 rings (SSSR count). The second kappa shape index (κ2) is 10.4. The van der Waals surface area contributed by atoms with Crippen LogP contribution in [-0.4, -0.2) is 84.0 Å². The SMILES string of the molecule is CCC(C)C(=O)[C@]1(O)[C@@](O)(C(=O)C(C)CC)[C@@H](C(O)C(C)=O)OC(O)[C@@]1(O)C(=O)C(C)CC. The van der Waals surface area contributed by atoms with Crippen molar-refractivity contribution in [3.8, 4) is 0 Å². The average molecular weight is 475 g/mol. The van der Waals surface area contributed by atoms with E-state index < -0.39 is 76.2 Å². The molecule has 0 aromatic rings. The van der Waals surface area contributed by atoms with Crippen molar-refractivity contribution < 1.29 is 49.4 Å².